The first-order chi connectivity index (χ1) is 10.2. The standard InChI is InChI=1S/C17H18O4/c1-20-11-15-3-2-4-16(9-15)21-12-14-7-5-13(6-8-14)10-17(18)19/h2-9H,10-12H2,1H3,(H,18,19). The Morgan fingerprint density at radius 3 is 2.38 bits per heavy atom. The molecular formula is C17H18O4. The molecule has 0 aromatic heterocycles. The van der Waals surface area contributed by atoms with Crippen LogP contribution >= 0.6 is 0 Å². The van der Waals surface area contributed by atoms with Crippen molar-refractivity contribution >= 4 is 5.97 Å². The zero-order valence-corrected chi connectivity index (χ0v) is 11.9. The molecule has 2 rings (SSSR count). The summed E-state index contributed by atoms with van der Waals surface area (Å²) in [5, 5.41) is 8.72. The van der Waals surface area contributed by atoms with Crippen molar-refractivity contribution in [2.45, 2.75) is 19.6 Å². The predicted octanol–water partition coefficient (Wildman–Crippen LogP) is 3.04. The van der Waals surface area contributed by atoms with Crippen LogP contribution < -0.4 is 4.74 Å². The summed E-state index contributed by atoms with van der Waals surface area (Å²) < 4.78 is 10.8. The van der Waals surface area contributed by atoms with Crippen molar-refractivity contribution in [1.82, 2.24) is 0 Å². The van der Waals surface area contributed by atoms with E-state index in [4.69, 9.17) is 14.6 Å². The fourth-order valence-corrected chi connectivity index (χ4v) is 1.99. The minimum Gasteiger partial charge on any atom is -0.489 e. The first kappa shape index (κ1) is 15.1. The van der Waals surface area contributed by atoms with Gasteiger partial charge < -0.3 is 14.6 Å². The van der Waals surface area contributed by atoms with Crippen LogP contribution in [0.4, 0.5) is 0 Å². The van der Waals surface area contributed by atoms with E-state index in [2.05, 4.69) is 0 Å². The largest absolute Gasteiger partial charge is 0.489 e. The highest BCUT2D eigenvalue weighted by atomic mass is 16.5. The molecule has 0 amide bonds. The highest BCUT2D eigenvalue weighted by molar-refractivity contribution is 5.70. The first-order valence-corrected chi connectivity index (χ1v) is 6.67. The second kappa shape index (κ2) is 7.45. The highest BCUT2D eigenvalue weighted by Gasteiger charge is 2.01. The first-order valence-electron chi connectivity index (χ1n) is 6.67. The Bertz CT molecular complexity index is 590. The molecule has 4 nitrogen and oxygen atoms in total. The quantitative estimate of drug-likeness (QED) is 0.850. The van der Waals surface area contributed by atoms with E-state index in [0.29, 0.717) is 13.2 Å². The summed E-state index contributed by atoms with van der Waals surface area (Å²) in [6.07, 6.45) is 0.0419. The molecule has 2 aromatic carbocycles. The van der Waals surface area contributed by atoms with Gasteiger partial charge in [0.25, 0.3) is 0 Å². The van der Waals surface area contributed by atoms with Crippen molar-refractivity contribution in [2.24, 2.45) is 0 Å². The van der Waals surface area contributed by atoms with Crippen LogP contribution in [0, 0.1) is 0 Å². The average Bonchev–Trinajstić information content (AvgIpc) is 2.47. The van der Waals surface area contributed by atoms with E-state index in [9.17, 15) is 4.79 Å². The Morgan fingerprint density at radius 2 is 1.71 bits per heavy atom. The Labute approximate surface area is 123 Å². The normalized spacial score (nSPS) is 10.3. The molecule has 0 bridgehead atoms. The molecule has 0 atom stereocenters. The summed E-state index contributed by atoms with van der Waals surface area (Å²) in [7, 11) is 1.66. The van der Waals surface area contributed by atoms with Gasteiger partial charge in [-0.05, 0) is 28.8 Å². The zero-order valence-electron chi connectivity index (χ0n) is 11.9. The van der Waals surface area contributed by atoms with Gasteiger partial charge in [0.05, 0.1) is 13.0 Å². The smallest absolute Gasteiger partial charge is 0.307 e. The van der Waals surface area contributed by atoms with Gasteiger partial charge in [-0.2, -0.15) is 0 Å². The molecule has 0 saturated carbocycles. The maximum absolute atomic E-state index is 10.6. The maximum atomic E-state index is 10.6. The second-order valence-corrected chi connectivity index (χ2v) is 4.76. The lowest BCUT2D eigenvalue weighted by Gasteiger charge is -2.08. The number of carboxylic acid groups (broad SMARTS) is 1. The molecule has 21 heavy (non-hydrogen) atoms. The van der Waals surface area contributed by atoms with Gasteiger partial charge in [0.15, 0.2) is 0 Å². The van der Waals surface area contributed by atoms with Crippen LogP contribution in [0.15, 0.2) is 48.5 Å². The van der Waals surface area contributed by atoms with E-state index in [0.717, 1.165) is 22.4 Å². The summed E-state index contributed by atoms with van der Waals surface area (Å²) in [4.78, 5) is 10.6. The summed E-state index contributed by atoms with van der Waals surface area (Å²) in [6, 6.07) is 15.2. The third-order valence-electron chi connectivity index (χ3n) is 2.99. The third-order valence-corrected chi connectivity index (χ3v) is 2.99. The number of ether oxygens (including phenoxy) is 2. The number of carboxylic acids is 1. The van der Waals surface area contributed by atoms with Crippen LogP contribution in [0.1, 0.15) is 16.7 Å². The van der Waals surface area contributed by atoms with Crippen molar-refractivity contribution in [3.05, 3.63) is 65.2 Å². The third kappa shape index (κ3) is 4.93. The predicted molar refractivity (Wildman–Crippen MR) is 79.3 cm³/mol. The van der Waals surface area contributed by atoms with Crippen LogP contribution in [0.5, 0.6) is 5.75 Å². The van der Waals surface area contributed by atoms with E-state index in [1.54, 1.807) is 7.11 Å². The lowest BCUT2D eigenvalue weighted by Crippen LogP contribution is -2.01. The molecule has 0 saturated heterocycles. The van der Waals surface area contributed by atoms with Crippen molar-refractivity contribution in [1.29, 1.82) is 0 Å². The molecule has 0 aliphatic rings. The van der Waals surface area contributed by atoms with E-state index in [1.807, 2.05) is 48.5 Å². The molecule has 1 N–H and O–H groups in total. The second-order valence-electron chi connectivity index (χ2n) is 4.76. The lowest BCUT2D eigenvalue weighted by molar-refractivity contribution is -0.136. The minimum absolute atomic E-state index is 0.0419. The van der Waals surface area contributed by atoms with E-state index >= 15 is 0 Å². The number of hydrogen-bond acceptors (Lipinski definition) is 3. The van der Waals surface area contributed by atoms with Gasteiger partial charge in [-0.1, -0.05) is 36.4 Å². The van der Waals surface area contributed by atoms with Crippen LogP contribution in [-0.2, 0) is 29.2 Å². The molecular weight excluding hydrogens is 268 g/mol. The number of aliphatic carboxylic acids is 1. The molecule has 110 valence electrons. The number of rotatable bonds is 7. The van der Waals surface area contributed by atoms with Crippen molar-refractivity contribution < 1.29 is 19.4 Å². The minimum atomic E-state index is -0.825. The maximum Gasteiger partial charge on any atom is 0.307 e. The van der Waals surface area contributed by atoms with Gasteiger partial charge in [0.2, 0.25) is 0 Å². The number of carbonyl (C=O) groups is 1. The molecule has 0 radical (unpaired) electrons. The Kier molecular flexibility index (Phi) is 5.35. The fraction of sp³-hybridized carbons (Fsp3) is 0.235. The summed E-state index contributed by atoms with van der Waals surface area (Å²) in [6.45, 7) is 1.00. The van der Waals surface area contributed by atoms with Crippen LogP contribution in [0.2, 0.25) is 0 Å². The van der Waals surface area contributed by atoms with Crippen molar-refractivity contribution in [2.75, 3.05) is 7.11 Å². The molecule has 0 aliphatic carbocycles. The van der Waals surface area contributed by atoms with E-state index in [-0.39, 0.29) is 6.42 Å². The zero-order chi connectivity index (χ0) is 15.1. The molecule has 2 aromatic rings. The van der Waals surface area contributed by atoms with E-state index in [1.165, 1.54) is 0 Å². The topological polar surface area (TPSA) is 55.8 Å². The molecule has 0 unspecified atom stereocenters. The highest BCUT2D eigenvalue weighted by Crippen LogP contribution is 2.16. The lowest BCUT2D eigenvalue weighted by atomic mass is 10.1. The molecule has 4 heteroatoms. The van der Waals surface area contributed by atoms with Crippen LogP contribution in [0.3, 0.4) is 0 Å². The number of methoxy groups -OCH3 is 1. The summed E-state index contributed by atoms with van der Waals surface area (Å²) in [5.74, 6) is -0.0341. The SMILES string of the molecule is COCc1cccc(OCc2ccc(CC(=O)O)cc2)c1. The molecule has 0 fully saturated rings. The molecule has 0 spiro atoms. The van der Waals surface area contributed by atoms with Gasteiger partial charge in [0, 0.05) is 7.11 Å². The van der Waals surface area contributed by atoms with E-state index < -0.39 is 5.97 Å². The van der Waals surface area contributed by atoms with Gasteiger partial charge in [0.1, 0.15) is 12.4 Å². The number of benzene rings is 2. The summed E-state index contributed by atoms with van der Waals surface area (Å²) in [5.41, 5.74) is 2.85. The van der Waals surface area contributed by atoms with Gasteiger partial charge in [-0.25, -0.2) is 0 Å². The van der Waals surface area contributed by atoms with Gasteiger partial charge in [-0.3, -0.25) is 4.79 Å². The molecule has 0 heterocycles. The Balaban J connectivity index is 1.93. The Hall–Kier alpha value is -2.33. The van der Waals surface area contributed by atoms with Gasteiger partial charge in [-0.15, -0.1) is 0 Å². The van der Waals surface area contributed by atoms with Crippen LogP contribution in [-0.4, -0.2) is 18.2 Å². The molecule has 0 aliphatic heterocycles. The Morgan fingerprint density at radius 1 is 1.00 bits per heavy atom. The van der Waals surface area contributed by atoms with Crippen molar-refractivity contribution in [3.8, 4) is 5.75 Å². The van der Waals surface area contributed by atoms with Crippen LogP contribution in [0.25, 0.3) is 0 Å². The summed E-state index contributed by atoms with van der Waals surface area (Å²) >= 11 is 0. The van der Waals surface area contributed by atoms with Gasteiger partial charge >= 0.3 is 5.97 Å². The number of hydrogen-bond donors (Lipinski definition) is 1. The monoisotopic (exact) mass is 286 g/mol. The fourth-order valence-electron chi connectivity index (χ4n) is 1.99. The average molecular weight is 286 g/mol. The van der Waals surface area contributed by atoms with Crippen molar-refractivity contribution in [3.63, 3.8) is 0 Å².